The minimum atomic E-state index is -0.768. The normalized spacial score (nSPS) is 14.2. The minimum Gasteiger partial charge on any atom is -0.489 e. The average molecular weight is 363 g/mol. The molecule has 1 fully saturated rings. The molecule has 1 aliphatic rings. The van der Waals surface area contributed by atoms with Crippen LogP contribution >= 0.6 is 0 Å². The number of ether oxygens (including phenoxy) is 1. The highest BCUT2D eigenvalue weighted by atomic mass is 19.1. The fourth-order valence-corrected chi connectivity index (χ4v) is 2.59. The molecule has 26 heavy (non-hydrogen) atoms. The summed E-state index contributed by atoms with van der Waals surface area (Å²) in [5.74, 6) is -0.821. The second-order valence-corrected chi connectivity index (χ2v) is 5.68. The molecule has 0 spiro atoms. The molecule has 9 heteroatoms. The van der Waals surface area contributed by atoms with Crippen LogP contribution in [0.15, 0.2) is 36.7 Å². The molecule has 2 heterocycles. The van der Waals surface area contributed by atoms with Crippen molar-refractivity contribution >= 4 is 12.0 Å². The molecular weight excluding hydrogens is 344 g/mol. The summed E-state index contributed by atoms with van der Waals surface area (Å²) >= 11 is 0. The van der Waals surface area contributed by atoms with E-state index in [1.54, 1.807) is 23.4 Å². The van der Waals surface area contributed by atoms with E-state index in [4.69, 9.17) is 4.74 Å². The number of carbonyl (C=O) groups is 1. The van der Waals surface area contributed by atoms with E-state index in [0.29, 0.717) is 32.1 Å². The molecule has 1 aliphatic heterocycles. The second-order valence-electron chi connectivity index (χ2n) is 5.68. The van der Waals surface area contributed by atoms with E-state index in [9.17, 15) is 13.6 Å². The molecule has 138 valence electrons. The summed E-state index contributed by atoms with van der Waals surface area (Å²) in [5, 5.41) is 2.72. The zero-order valence-corrected chi connectivity index (χ0v) is 14.1. The number of carbonyl (C=O) groups excluding carboxylic acids is 1. The third-order valence-electron chi connectivity index (χ3n) is 3.93. The van der Waals surface area contributed by atoms with E-state index in [2.05, 4.69) is 15.3 Å². The SMILES string of the molecule is O=C(NCCOc1ccc(F)cc1F)N1CCN(c2ncccn2)CC1. The first-order valence-electron chi connectivity index (χ1n) is 8.26. The van der Waals surface area contributed by atoms with E-state index in [-0.39, 0.29) is 24.9 Å². The number of halogens is 2. The molecule has 1 saturated heterocycles. The fourth-order valence-electron chi connectivity index (χ4n) is 2.59. The highest BCUT2D eigenvalue weighted by Crippen LogP contribution is 2.17. The Morgan fingerprint density at radius 2 is 1.88 bits per heavy atom. The number of benzene rings is 1. The van der Waals surface area contributed by atoms with E-state index in [0.717, 1.165) is 12.1 Å². The van der Waals surface area contributed by atoms with Gasteiger partial charge in [0.05, 0.1) is 6.54 Å². The van der Waals surface area contributed by atoms with Gasteiger partial charge in [-0.25, -0.2) is 23.5 Å². The maximum atomic E-state index is 13.4. The van der Waals surface area contributed by atoms with Crippen LogP contribution in [-0.4, -0.2) is 60.2 Å². The van der Waals surface area contributed by atoms with Crippen molar-refractivity contribution in [2.75, 3.05) is 44.2 Å². The van der Waals surface area contributed by atoms with Gasteiger partial charge in [-0.1, -0.05) is 0 Å². The maximum absolute atomic E-state index is 13.4. The lowest BCUT2D eigenvalue weighted by atomic mass is 10.3. The van der Waals surface area contributed by atoms with E-state index in [1.165, 1.54) is 6.07 Å². The monoisotopic (exact) mass is 363 g/mol. The lowest BCUT2D eigenvalue weighted by Gasteiger charge is -2.34. The van der Waals surface area contributed by atoms with Gasteiger partial charge in [-0.15, -0.1) is 0 Å². The maximum Gasteiger partial charge on any atom is 0.317 e. The predicted molar refractivity (Wildman–Crippen MR) is 91.1 cm³/mol. The van der Waals surface area contributed by atoms with Crippen LogP contribution in [0.5, 0.6) is 5.75 Å². The number of piperazine rings is 1. The van der Waals surface area contributed by atoms with Crippen molar-refractivity contribution in [3.63, 3.8) is 0 Å². The van der Waals surface area contributed by atoms with Crippen LogP contribution in [-0.2, 0) is 0 Å². The number of nitrogens with zero attached hydrogens (tertiary/aromatic N) is 4. The average Bonchev–Trinajstić information content (AvgIpc) is 2.67. The predicted octanol–water partition coefficient (Wildman–Crippen LogP) is 1.67. The summed E-state index contributed by atoms with van der Waals surface area (Å²) in [6.07, 6.45) is 3.37. The summed E-state index contributed by atoms with van der Waals surface area (Å²) in [6, 6.07) is 4.64. The topological polar surface area (TPSA) is 70.6 Å². The lowest BCUT2D eigenvalue weighted by molar-refractivity contribution is 0.191. The summed E-state index contributed by atoms with van der Waals surface area (Å²) in [5.41, 5.74) is 0. The number of nitrogens with one attached hydrogen (secondary N) is 1. The molecule has 1 aromatic heterocycles. The Balaban J connectivity index is 1.38. The summed E-state index contributed by atoms with van der Waals surface area (Å²) in [7, 11) is 0. The Kier molecular flexibility index (Phi) is 5.77. The molecule has 3 rings (SSSR count). The van der Waals surface area contributed by atoms with E-state index in [1.807, 2.05) is 4.90 Å². The van der Waals surface area contributed by atoms with Gasteiger partial charge in [-0.3, -0.25) is 0 Å². The van der Waals surface area contributed by atoms with Crippen molar-refractivity contribution in [3.05, 3.63) is 48.3 Å². The summed E-state index contributed by atoms with van der Waals surface area (Å²) in [6.45, 7) is 2.71. The van der Waals surface area contributed by atoms with Crippen LogP contribution in [0.3, 0.4) is 0 Å². The Bertz CT molecular complexity index is 739. The zero-order valence-electron chi connectivity index (χ0n) is 14.1. The largest absolute Gasteiger partial charge is 0.489 e. The highest BCUT2D eigenvalue weighted by molar-refractivity contribution is 5.74. The first-order chi connectivity index (χ1) is 12.6. The highest BCUT2D eigenvalue weighted by Gasteiger charge is 2.22. The van der Waals surface area contributed by atoms with Gasteiger partial charge in [0, 0.05) is 44.6 Å². The van der Waals surface area contributed by atoms with Crippen LogP contribution in [0.1, 0.15) is 0 Å². The third kappa shape index (κ3) is 4.56. The molecule has 1 N–H and O–H groups in total. The quantitative estimate of drug-likeness (QED) is 0.819. The smallest absolute Gasteiger partial charge is 0.317 e. The summed E-state index contributed by atoms with van der Waals surface area (Å²) < 4.78 is 31.4. The number of amides is 2. The van der Waals surface area contributed by atoms with E-state index >= 15 is 0 Å². The standard InChI is InChI=1S/C17H19F2N5O2/c18-13-2-3-15(14(19)12-13)26-11-6-22-17(25)24-9-7-23(8-10-24)16-20-4-1-5-21-16/h1-5,12H,6-11H2,(H,22,25). The van der Waals surface area contributed by atoms with Crippen LogP contribution in [0, 0.1) is 11.6 Å². The number of hydrogen-bond acceptors (Lipinski definition) is 5. The molecule has 7 nitrogen and oxygen atoms in total. The Hall–Kier alpha value is -2.97. The van der Waals surface area contributed by atoms with Gasteiger partial charge < -0.3 is 19.9 Å². The van der Waals surface area contributed by atoms with Gasteiger partial charge in [-0.2, -0.15) is 0 Å². The molecule has 2 aromatic rings. The minimum absolute atomic E-state index is 0.0443. The van der Waals surface area contributed by atoms with Gasteiger partial charge in [0.15, 0.2) is 11.6 Å². The molecule has 2 amide bonds. The lowest BCUT2D eigenvalue weighted by Crippen LogP contribution is -2.52. The first kappa shape index (κ1) is 17.8. The van der Waals surface area contributed by atoms with Crippen molar-refractivity contribution in [1.82, 2.24) is 20.2 Å². The number of anilines is 1. The third-order valence-corrected chi connectivity index (χ3v) is 3.93. The molecule has 0 saturated carbocycles. The Labute approximate surface area is 149 Å². The van der Waals surface area contributed by atoms with Crippen LogP contribution in [0.4, 0.5) is 19.5 Å². The molecule has 0 atom stereocenters. The van der Waals surface area contributed by atoms with Crippen LogP contribution in [0.25, 0.3) is 0 Å². The first-order valence-corrected chi connectivity index (χ1v) is 8.26. The molecule has 0 bridgehead atoms. The van der Waals surface area contributed by atoms with Crippen LogP contribution in [0.2, 0.25) is 0 Å². The van der Waals surface area contributed by atoms with Gasteiger partial charge in [0.25, 0.3) is 0 Å². The van der Waals surface area contributed by atoms with Gasteiger partial charge >= 0.3 is 6.03 Å². The Morgan fingerprint density at radius 1 is 1.15 bits per heavy atom. The van der Waals surface area contributed by atoms with Crippen molar-refractivity contribution < 1.29 is 18.3 Å². The molecular formula is C17H19F2N5O2. The van der Waals surface area contributed by atoms with Crippen molar-refractivity contribution in [1.29, 1.82) is 0 Å². The Morgan fingerprint density at radius 3 is 2.58 bits per heavy atom. The summed E-state index contributed by atoms with van der Waals surface area (Å²) in [4.78, 5) is 24.3. The number of aromatic nitrogens is 2. The molecule has 0 unspecified atom stereocenters. The van der Waals surface area contributed by atoms with Crippen molar-refractivity contribution in [2.45, 2.75) is 0 Å². The molecule has 1 aromatic carbocycles. The molecule has 0 radical (unpaired) electrons. The fraction of sp³-hybridized carbons (Fsp3) is 0.353. The van der Waals surface area contributed by atoms with Crippen molar-refractivity contribution in [2.24, 2.45) is 0 Å². The number of rotatable bonds is 5. The van der Waals surface area contributed by atoms with Gasteiger partial charge in [0.2, 0.25) is 5.95 Å². The molecule has 0 aliphatic carbocycles. The second kappa shape index (κ2) is 8.41. The van der Waals surface area contributed by atoms with Crippen molar-refractivity contribution in [3.8, 4) is 5.75 Å². The van der Waals surface area contributed by atoms with Gasteiger partial charge in [0.1, 0.15) is 12.4 Å². The zero-order chi connectivity index (χ0) is 18.4. The van der Waals surface area contributed by atoms with E-state index < -0.39 is 11.6 Å². The number of hydrogen-bond donors (Lipinski definition) is 1. The van der Waals surface area contributed by atoms with Gasteiger partial charge in [-0.05, 0) is 18.2 Å². The van der Waals surface area contributed by atoms with Crippen LogP contribution < -0.4 is 15.0 Å². The number of urea groups is 1.